The van der Waals surface area contributed by atoms with Gasteiger partial charge in [0.05, 0.1) is 24.4 Å². The van der Waals surface area contributed by atoms with Gasteiger partial charge in [0.25, 0.3) is 5.91 Å². The van der Waals surface area contributed by atoms with Crippen molar-refractivity contribution in [2.45, 2.75) is 31.8 Å². The number of aromatic nitrogens is 2. The summed E-state index contributed by atoms with van der Waals surface area (Å²) in [6.07, 6.45) is 6.96. The first-order chi connectivity index (χ1) is 20.9. The predicted molar refractivity (Wildman–Crippen MR) is 166 cm³/mol. The number of carbonyl (C=O) groups is 2. The van der Waals surface area contributed by atoms with Crippen LogP contribution in [0.15, 0.2) is 60.8 Å². The van der Waals surface area contributed by atoms with Crippen LogP contribution in [0, 0.1) is 0 Å². The maximum absolute atomic E-state index is 13.9. The van der Waals surface area contributed by atoms with Gasteiger partial charge in [-0.3, -0.25) is 4.79 Å². The lowest BCUT2D eigenvalue weighted by atomic mass is 9.95. The van der Waals surface area contributed by atoms with Crippen molar-refractivity contribution in [3.8, 4) is 16.9 Å². The third kappa shape index (κ3) is 4.93. The molecule has 9 nitrogen and oxygen atoms in total. The quantitative estimate of drug-likeness (QED) is 0.330. The summed E-state index contributed by atoms with van der Waals surface area (Å²) >= 11 is 0. The molecule has 7 rings (SSSR count). The topological polar surface area (TPSA) is 102 Å². The Morgan fingerprint density at radius 1 is 1.09 bits per heavy atom. The Balaban J connectivity index is 1.23. The molecule has 3 amide bonds. The second-order valence-corrected chi connectivity index (χ2v) is 11.7. The number of nitrogens with one attached hydrogen (secondary N) is 1. The molecule has 1 saturated carbocycles. The van der Waals surface area contributed by atoms with Gasteiger partial charge in [-0.15, -0.1) is 0 Å². The van der Waals surface area contributed by atoms with Crippen LogP contribution in [0.3, 0.4) is 0 Å². The zero-order valence-electron chi connectivity index (χ0n) is 24.5. The summed E-state index contributed by atoms with van der Waals surface area (Å²) in [6, 6.07) is 15.8. The van der Waals surface area contributed by atoms with Gasteiger partial charge in [0.15, 0.2) is 0 Å². The maximum Gasteiger partial charge on any atom is 0.319 e. The lowest BCUT2D eigenvalue weighted by Crippen LogP contribution is -2.41. The molecule has 2 aliphatic heterocycles. The molecule has 43 heavy (non-hydrogen) atoms. The molecule has 1 fully saturated rings. The fourth-order valence-corrected chi connectivity index (χ4v) is 6.28. The highest BCUT2D eigenvalue weighted by Crippen LogP contribution is 2.43. The van der Waals surface area contributed by atoms with Gasteiger partial charge in [-0.2, -0.15) is 0 Å². The highest BCUT2D eigenvalue weighted by Gasteiger charge is 2.30. The SMILES string of the molecule is CN(C)C(=O)N1CC=C(c2cc3c(-c4cccc(N5CCOc6cc(C7CC7)ccc6C5=O)c4CO)ccnc3[nH]2)CC1. The Bertz CT molecular complexity index is 1770. The van der Waals surface area contributed by atoms with Crippen LogP contribution in [0.1, 0.15) is 52.4 Å². The number of aromatic amines is 1. The number of carbonyl (C=O) groups excluding carboxylic acids is 2. The summed E-state index contributed by atoms with van der Waals surface area (Å²) in [7, 11) is 3.53. The number of hydrogen-bond donors (Lipinski definition) is 2. The first kappa shape index (κ1) is 27.2. The number of pyridine rings is 1. The van der Waals surface area contributed by atoms with E-state index < -0.39 is 0 Å². The third-order valence-corrected chi connectivity index (χ3v) is 8.73. The number of amides is 3. The Hall–Kier alpha value is -4.63. The molecule has 3 aliphatic rings. The van der Waals surface area contributed by atoms with Crippen LogP contribution >= 0.6 is 0 Å². The Kier molecular flexibility index (Phi) is 6.89. The van der Waals surface area contributed by atoms with Crippen molar-refractivity contribution in [3.05, 3.63) is 83.2 Å². The van der Waals surface area contributed by atoms with E-state index in [0.717, 1.165) is 39.8 Å². The molecule has 0 unspecified atom stereocenters. The van der Waals surface area contributed by atoms with Gasteiger partial charge in [-0.05, 0) is 77.8 Å². The van der Waals surface area contributed by atoms with E-state index in [1.807, 2.05) is 47.4 Å². The fraction of sp³-hybridized carbons (Fsp3) is 0.324. The fourth-order valence-electron chi connectivity index (χ4n) is 6.28. The number of hydrogen-bond acceptors (Lipinski definition) is 5. The molecule has 0 radical (unpaired) electrons. The number of aliphatic hydroxyl groups excluding tert-OH is 1. The first-order valence-electron chi connectivity index (χ1n) is 14.9. The van der Waals surface area contributed by atoms with Crippen molar-refractivity contribution in [2.24, 2.45) is 0 Å². The van der Waals surface area contributed by atoms with E-state index in [1.165, 1.54) is 18.4 Å². The van der Waals surface area contributed by atoms with Crippen LogP contribution in [0.25, 0.3) is 27.7 Å². The van der Waals surface area contributed by atoms with Crippen molar-refractivity contribution >= 4 is 34.2 Å². The van der Waals surface area contributed by atoms with Gasteiger partial charge in [0, 0.05) is 50.0 Å². The van der Waals surface area contributed by atoms with Crippen LogP contribution in [-0.4, -0.2) is 77.1 Å². The minimum atomic E-state index is -0.231. The lowest BCUT2D eigenvalue weighted by molar-refractivity contribution is 0.0989. The molecule has 0 spiro atoms. The molecule has 0 saturated heterocycles. The third-order valence-electron chi connectivity index (χ3n) is 8.73. The summed E-state index contributed by atoms with van der Waals surface area (Å²) in [4.78, 5) is 39.4. The molecule has 2 aromatic carbocycles. The van der Waals surface area contributed by atoms with Crippen LogP contribution in [-0.2, 0) is 6.61 Å². The Morgan fingerprint density at radius 3 is 2.70 bits per heavy atom. The minimum Gasteiger partial charge on any atom is -0.491 e. The summed E-state index contributed by atoms with van der Waals surface area (Å²) < 4.78 is 6.06. The smallest absolute Gasteiger partial charge is 0.319 e. The van der Waals surface area contributed by atoms with E-state index in [4.69, 9.17) is 4.74 Å². The standard InChI is InChI=1S/C34H35N5O4/c1-37(2)34(42)38-14-11-22(12-15-38)29-19-27-25(10-13-35-32(27)36-29)24-4-3-5-30(28(24)20-40)39-16-17-43-31-18-23(21-6-7-21)8-9-26(31)33(39)41/h3-5,8-11,13,18-19,21,40H,6-7,12,14-17,20H2,1-2H3,(H,35,36). The zero-order valence-corrected chi connectivity index (χ0v) is 24.5. The van der Waals surface area contributed by atoms with E-state index in [0.29, 0.717) is 54.7 Å². The average molecular weight is 578 g/mol. The van der Waals surface area contributed by atoms with E-state index in [2.05, 4.69) is 22.1 Å². The highest BCUT2D eigenvalue weighted by atomic mass is 16.5. The molecular weight excluding hydrogens is 542 g/mol. The monoisotopic (exact) mass is 577 g/mol. The number of anilines is 1. The number of fused-ring (bicyclic) bond motifs is 2. The molecule has 9 heteroatoms. The van der Waals surface area contributed by atoms with Crippen molar-refractivity contribution in [3.63, 3.8) is 0 Å². The van der Waals surface area contributed by atoms with E-state index in [-0.39, 0.29) is 18.5 Å². The number of urea groups is 1. The van der Waals surface area contributed by atoms with Crippen molar-refractivity contribution in [1.82, 2.24) is 19.8 Å². The van der Waals surface area contributed by atoms with Crippen molar-refractivity contribution < 1.29 is 19.4 Å². The largest absolute Gasteiger partial charge is 0.491 e. The van der Waals surface area contributed by atoms with Crippen LogP contribution < -0.4 is 9.64 Å². The van der Waals surface area contributed by atoms with Crippen LogP contribution in [0.2, 0.25) is 0 Å². The van der Waals surface area contributed by atoms with Crippen LogP contribution in [0.4, 0.5) is 10.5 Å². The summed E-state index contributed by atoms with van der Waals surface area (Å²) in [6.45, 7) is 1.72. The van der Waals surface area contributed by atoms with Gasteiger partial charge in [0.2, 0.25) is 0 Å². The number of ether oxygens (including phenoxy) is 1. The molecule has 1 aliphatic carbocycles. The van der Waals surface area contributed by atoms with Gasteiger partial charge in [-0.1, -0.05) is 24.3 Å². The van der Waals surface area contributed by atoms with Gasteiger partial charge in [0.1, 0.15) is 18.0 Å². The number of H-pyrrole nitrogens is 1. The van der Waals surface area contributed by atoms with Gasteiger partial charge >= 0.3 is 6.03 Å². The molecule has 4 heterocycles. The Labute approximate surface area is 250 Å². The lowest BCUT2D eigenvalue weighted by Gasteiger charge is -2.28. The Morgan fingerprint density at radius 2 is 1.95 bits per heavy atom. The van der Waals surface area contributed by atoms with Gasteiger partial charge < -0.3 is 29.5 Å². The predicted octanol–water partition coefficient (Wildman–Crippen LogP) is 5.41. The second kappa shape index (κ2) is 10.9. The normalized spacial score (nSPS) is 16.9. The minimum absolute atomic E-state index is 0.00765. The molecule has 4 aromatic rings. The van der Waals surface area contributed by atoms with E-state index in [1.54, 1.807) is 30.1 Å². The number of benzene rings is 2. The number of rotatable bonds is 5. The summed E-state index contributed by atoms with van der Waals surface area (Å²) in [5, 5.41) is 11.6. The second-order valence-electron chi connectivity index (χ2n) is 11.7. The van der Waals surface area contributed by atoms with Crippen LogP contribution in [0.5, 0.6) is 5.75 Å². The van der Waals surface area contributed by atoms with Crippen molar-refractivity contribution in [1.29, 1.82) is 0 Å². The number of nitrogens with zero attached hydrogens (tertiary/aromatic N) is 4. The first-order valence-corrected chi connectivity index (χ1v) is 14.9. The van der Waals surface area contributed by atoms with Crippen molar-refractivity contribution in [2.75, 3.05) is 45.2 Å². The molecule has 0 bridgehead atoms. The molecule has 220 valence electrons. The maximum atomic E-state index is 13.9. The van der Waals surface area contributed by atoms with Gasteiger partial charge in [-0.25, -0.2) is 9.78 Å². The summed E-state index contributed by atoms with van der Waals surface area (Å²) in [5.74, 6) is 1.08. The summed E-state index contributed by atoms with van der Waals surface area (Å²) in [5.41, 5.74) is 7.76. The molecule has 2 N–H and O–H groups in total. The molecular formula is C34H35N5O4. The highest BCUT2D eigenvalue weighted by molar-refractivity contribution is 6.09. The van der Waals surface area contributed by atoms with E-state index >= 15 is 0 Å². The van der Waals surface area contributed by atoms with E-state index in [9.17, 15) is 14.7 Å². The average Bonchev–Trinajstić information content (AvgIpc) is 3.82. The zero-order chi connectivity index (χ0) is 29.7. The number of aliphatic hydroxyl groups is 1. The molecule has 0 atom stereocenters. The molecule has 2 aromatic heterocycles.